The van der Waals surface area contributed by atoms with Crippen LogP contribution < -0.4 is 10.1 Å². The molecule has 1 aliphatic rings. The molecule has 1 N–H and O–H groups in total. The van der Waals surface area contributed by atoms with Gasteiger partial charge in [0.05, 0.1) is 44.3 Å². The van der Waals surface area contributed by atoms with E-state index in [2.05, 4.69) is 5.32 Å². The highest BCUT2D eigenvalue weighted by Crippen LogP contribution is 2.31. The highest BCUT2D eigenvalue weighted by molar-refractivity contribution is 5.85. The van der Waals surface area contributed by atoms with E-state index >= 15 is 0 Å². The van der Waals surface area contributed by atoms with Gasteiger partial charge in [-0.2, -0.15) is 5.10 Å². The van der Waals surface area contributed by atoms with Crippen LogP contribution in [0.15, 0.2) is 24.3 Å². The predicted molar refractivity (Wildman–Crippen MR) is 108 cm³/mol. The largest absolute Gasteiger partial charge is 0.497 e. The maximum atomic E-state index is 12.8. The molecular weight excluding hydrogens is 372 g/mol. The Morgan fingerprint density at radius 1 is 1.34 bits per heavy atom. The number of aryl methyl sites for hydroxylation is 1. The second-order valence-corrected chi connectivity index (χ2v) is 7.01. The number of nitrogens with one attached hydrogen (secondary N) is 1. The predicted octanol–water partition coefficient (Wildman–Crippen LogP) is 1.92. The Labute approximate surface area is 170 Å². The second kappa shape index (κ2) is 9.09. The number of hydrogen-bond acceptors (Lipinski definition) is 5. The van der Waals surface area contributed by atoms with Gasteiger partial charge in [-0.3, -0.25) is 9.59 Å². The first-order valence-electron chi connectivity index (χ1n) is 9.80. The summed E-state index contributed by atoms with van der Waals surface area (Å²) < 4.78 is 12.9. The molecule has 8 nitrogen and oxygen atoms in total. The Kier molecular flexibility index (Phi) is 6.53. The van der Waals surface area contributed by atoms with Crippen molar-refractivity contribution in [1.82, 2.24) is 20.0 Å². The maximum absolute atomic E-state index is 12.8. The Balaban J connectivity index is 1.90. The van der Waals surface area contributed by atoms with E-state index in [1.165, 1.54) is 0 Å². The molecule has 1 aliphatic heterocycles. The number of carbonyl (C=O) groups excluding carboxylic acids is 2. The third kappa shape index (κ3) is 4.42. The molecule has 1 aromatic heterocycles. The minimum absolute atomic E-state index is 0.00864. The summed E-state index contributed by atoms with van der Waals surface area (Å²) in [6, 6.07) is 7.45. The zero-order chi connectivity index (χ0) is 21.0. The van der Waals surface area contributed by atoms with Crippen molar-refractivity contribution in [1.29, 1.82) is 0 Å². The maximum Gasteiger partial charge on any atom is 0.242 e. The summed E-state index contributed by atoms with van der Waals surface area (Å²) in [6.45, 7) is 7.04. The number of amides is 2. The number of morpholine rings is 1. The SMILES string of the molecule is CCC(=O)NCC(=O)N1CCOC[C@H]1c1c(C)nn(-c2cccc(OC)c2)c1C. The Bertz CT molecular complexity index is 893. The molecule has 29 heavy (non-hydrogen) atoms. The molecule has 2 heterocycles. The molecule has 0 spiro atoms. The van der Waals surface area contributed by atoms with Crippen LogP contribution in [0.5, 0.6) is 5.75 Å². The van der Waals surface area contributed by atoms with E-state index in [-0.39, 0.29) is 24.4 Å². The molecule has 0 saturated carbocycles. The first-order valence-corrected chi connectivity index (χ1v) is 9.80. The summed E-state index contributed by atoms with van der Waals surface area (Å²) in [6.07, 6.45) is 0.353. The summed E-state index contributed by atoms with van der Waals surface area (Å²) in [7, 11) is 1.63. The van der Waals surface area contributed by atoms with Crippen LogP contribution in [-0.4, -0.2) is 59.9 Å². The van der Waals surface area contributed by atoms with Crippen LogP contribution in [0.1, 0.15) is 36.3 Å². The average molecular weight is 400 g/mol. The molecule has 1 atom stereocenters. The van der Waals surface area contributed by atoms with Gasteiger partial charge in [0.2, 0.25) is 11.8 Å². The van der Waals surface area contributed by atoms with Crippen LogP contribution in [0.4, 0.5) is 0 Å². The highest BCUT2D eigenvalue weighted by Gasteiger charge is 2.32. The number of aromatic nitrogens is 2. The molecule has 0 aliphatic carbocycles. The number of carbonyl (C=O) groups is 2. The van der Waals surface area contributed by atoms with E-state index in [9.17, 15) is 9.59 Å². The molecular formula is C21H28N4O4. The molecule has 1 saturated heterocycles. The molecule has 3 rings (SSSR count). The lowest BCUT2D eigenvalue weighted by Crippen LogP contribution is -2.47. The summed E-state index contributed by atoms with van der Waals surface area (Å²) in [5.41, 5.74) is 3.65. The van der Waals surface area contributed by atoms with Gasteiger partial charge in [-0.05, 0) is 26.0 Å². The minimum Gasteiger partial charge on any atom is -0.497 e. The van der Waals surface area contributed by atoms with Gasteiger partial charge in [0.25, 0.3) is 0 Å². The minimum atomic E-state index is -0.242. The summed E-state index contributed by atoms with van der Waals surface area (Å²) in [4.78, 5) is 26.1. The lowest BCUT2D eigenvalue weighted by atomic mass is 10.0. The van der Waals surface area contributed by atoms with Gasteiger partial charge in [-0.15, -0.1) is 0 Å². The molecule has 2 amide bonds. The van der Waals surface area contributed by atoms with Crippen molar-refractivity contribution < 1.29 is 19.1 Å². The van der Waals surface area contributed by atoms with E-state index < -0.39 is 0 Å². The number of nitrogens with zero attached hydrogens (tertiary/aromatic N) is 3. The van der Waals surface area contributed by atoms with Gasteiger partial charge in [-0.1, -0.05) is 13.0 Å². The molecule has 0 unspecified atom stereocenters. The number of hydrogen-bond donors (Lipinski definition) is 1. The average Bonchev–Trinajstić information content (AvgIpc) is 3.05. The molecule has 2 aromatic rings. The fraction of sp³-hybridized carbons (Fsp3) is 0.476. The summed E-state index contributed by atoms with van der Waals surface area (Å²) >= 11 is 0. The molecule has 1 fully saturated rings. The zero-order valence-corrected chi connectivity index (χ0v) is 17.4. The van der Waals surface area contributed by atoms with Crippen molar-refractivity contribution in [2.75, 3.05) is 33.4 Å². The van der Waals surface area contributed by atoms with Gasteiger partial charge < -0.3 is 19.7 Å². The highest BCUT2D eigenvalue weighted by atomic mass is 16.5. The lowest BCUT2D eigenvalue weighted by Gasteiger charge is -2.36. The number of ether oxygens (including phenoxy) is 2. The van der Waals surface area contributed by atoms with Crippen molar-refractivity contribution in [3.63, 3.8) is 0 Å². The molecule has 8 heteroatoms. The summed E-state index contributed by atoms with van der Waals surface area (Å²) in [5, 5.41) is 7.38. The first-order chi connectivity index (χ1) is 14.0. The standard InChI is InChI=1S/C21H28N4O4/c1-5-19(26)22-12-20(27)24-9-10-29-13-18(24)21-14(2)23-25(15(21)3)16-7-6-8-17(11-16)28-4/h6-8,11,18H,5,9-10,12-13H2,1-4H3,(H,22,26)/t18-/m0/s1. The smallest absolute Gasteiger partial charge is 0.242 e. The molecule has 156 valence electrons. The van der Waals surface area contributed by atoms with Crippen molar-refractivity contribution >= 4 is 11.8 Å². The van der Waals surface area contributed by atoms with Crippen molar-refractivity contribution in [2.45, 2.75) is 33.2 Å². The van der Waals surface area contributed by atoms with Crippen LogP contribution in [0.3, 0.4) is 0 Å². The normalized spacial score (nSPS) is 16.6. The van der Waals surface area contributed by atoms with Gasteiger partial charge in [0.1, 0.15) is 5.75 Å². The zero-order valence-electron chi connectivity index (χ0n) is 17.4. The van der Waals surface area contributed by atoms with Gasteiger partial charge in [0, 0.05) is 30.3 Å². The lowest BCUT2D eigenvalue weighted by molar-refractivity contribution is -0.140. The van der Waals surface area contributed by atoms with E-state index in [1.807, 2.05) is 42.8 Å². The fourth-order valence-corrected chi connectivity index (χ4v) is 3.67. The Hall–Kier alpha value is -2.87. The van der Waals surface area contributed by atoms with E-state index in [0.717, 1.165) is 28.4 Å². The summed E-state index contributed by atoms with van der Waals surface area (Å²) in [5.74, 6) is 0.496. The fourth-order valence-electron chi connectivity index (χ4n) is 3.67. The Morgan fingerprint density at radius 3 is 2.86 bits per heavy atom. The quantitative estimate of drug-likeness (QED) is 0.801. The third-order valence-electron chi connectivity index (χ3n) is 5.19. The van der Waals surface area contributed by atoms with E-state index in [1.54, 1.807) is 18.9 Å². The van der Waals surface area contributed by atoms with Gasteiger partial charge >= 0.3 is 0 Å². The first kappa shape index (κ1) is 20.9. The van der Waals surface area contributed by atoms with Crippen LogP contribution in [0.25, 0.3) is 5.69 Å². The van der Waals surface area contributed by atoms with Gasteiger partial charge in [-0.25, -0.2) is 4.68 Å². The van der Waals surface area contributed by atoms with E-state index in [0.29, 0.717) is 26.2 Å². The van der Waals surface area contributed by atoms with Crippen LogP contribution in [0, 0.1) is 13.8 Å². The number of rotatable bonds is 6. The second-order valence-electron chi connectivity index (χ2n) is 7.01. The number of benzene rings is 1. The van der Waals surface area contributed by atoms with Crippen LogP contribution >= 0.6 is 0 Å². The Morgan fingerprint density at radius 2 is 2.14 bits per heavy atom. The van der Waals surface area contributed by atoms with Crippen LogP contribution in [0.2, 0.25) is 0 Å². The van der Waals surface area contributed by atoms with Crippen LogP contribution in [-0.2, 0) is 14.3 Å². The van der Waals surface area contributed by atoms with Gasteiger partial charge in [0.15, 0.2) is 0 Å². The monoisotopic (exact) mass is 400 g/mol. The third-order valence-corrected chi connectivity index (χ3v) is 5.19. The van der Waals surface area contributed by atoms with Crippen molar-refractivity contribution in [2.24, 2.45) is 0 Å². The van der Waals surface area contributed by atoms with Crippen molar-refractivity contribution in [3.05, 3.63) is 41.2 Å². The number of methoxy groups -OCH3 is 1. The van der Waals surface area contributed by atoms with Crippen molar-refractivity contribution in [3.8, 4) is 11.4 Å². The topological polar surface area (TPSA) is 85.7 Å². The molecule has 0 bridgehead atoms. The molecule has 1 aromatic carbocycles. The van der Waals surface area contributed by atoms with E-state index in [4.69, 9.17) is 14.6 Å². The molecule has 0 radical (unpaired) electrons.